The van der Waals surface area contributed by atoms with Gasteiger partial charge in [-0.05, 0) is 30.3 Å². The Morgan fingerprint density at radius 1 is 1.15 bits per heavy atom. The van der Waals surface area contributed by atoms with Gasteiger partial charge in [-0.3, -0.25) is 14.5 Å². The van der Waals surface area contributed by atoms with Gasteiger partial charge in [-0.1, -0.05) is 11.6 Å². The maximum absolute atomic E-state index is 14.2. The normalized spacial score (nSPS) is 13.6. The molecule has 1 aliphatic heterocycles. The van der Waals surface area contributed by atoms with Gasteiger partial charge in [-0.2, -0.15) is 9.97 Å². The zero-order valence-corrected chi connectivity index (χ0v) is 18.9. The predicted octanol–water partition coefficient (Wildman–Crippen LogP) is 3.36. The molecule has 4 rings (SSSR count). The number of benzene rings is 2. The van der Waals surface area contributed by atoms with E-state index in [1.54, 1.807) is 24.3 Å². The van der Waals surface area contributed by atoms with Crippen LogP contribution in [-0.4, -0.2) is 60.2 Å². The van der Waals surface area contributed by atoms with E-state index in [0.717, 1.165) is 4.90 Å². The highest BCUT2D eigenvalue weighted by atomic mass is 35.5. The molecule has 0 bridgehead atoms. The number of methoxy groups -OCH3 is 1. The quantitative estimate of drug-likeness (QED) is 0.496. The topological polar surface area (TPSA) is 103 Å². The Balaban J connectivity index is 0.00000306. The number of anilines is 2. The van der Waals surface area contributed by atoms with Crippen molar-refractivity contribution in [2.45, 2.75) is 0 Å². The number of imide groups is 1. The van der Waals surface area contributed by atoms with Crippen molar-refractivity contribution in [1.29, 1.82) is 0 Å². The number of ether oxygens (including phenoxy) is 3. The van der Waals surface area contributed by atoms with Crippen LogP contribution in [0.5, 0.6) is 11.8 Å². The Morgan fingerprint density at radius 3 is 2.61 bits per heavy atom. The molecule has 9 nitrogen and oxygen atoms in total. The molecule has 1 fully saturated rings. The number of hydrogen-bond acceptors (Lipinski definition) is 8. The number of aromatic nitrogens is 2. The third kappa shape index (κ3) is 5.59. The van der Waals surface area contributed by atoms with Crippen LogP contribution in [0, 0.1) is 5.82 Å². The summed E-state index contributed by atoms with van der Waals surface area (Å²) in [6, 6.07) is 9.39. The molecule has 0 aliphatic carbocycles. The first kappa shape index (κ1) is 24.4. The first-order valence-corrected chi connectivity index (χ1v) is 9.94. The number of carbonyl (C=O) groups is 2. The zero-order valence-electron chi connectivity index (χ0n) is 17.3. The van der Waals surface area contributed by atoms with E-state index in [0.29, 0.717) is 22.5 Å². The molecule has 1 saturated heterocycles. The number of nitrogens with zero attached hydrogens (tertiary/aromatic N) is 3. The number of morpholine rings is 1. The molecule has 3 aromatic rings. The van der Waals surface area contributed by atoms with E-state index in [2.05, 4.69) is 15.3 Å². The number of amides is 2. The molecule has 2 amide bonds. The summed E-state index contributed by atoms with van der Waals surface area (Å²) < 4.78 is 30.0. The number of nitrogens with one attached hydrogen (secondary N) is 1. The molecule has 2 aromatic carbocycles. The van der Waals surface area contributed by atoms with Crippen molar-refractivity contribution in [3.8, 4) is 11.8 Å². The average Bonchev–Trinajstić information content (AvgIpc) is 2.77. The maximum Gasteiger partial charge on any atom is 0.318 e. The maximum atomic E-state index is 14.2. The molecule has 12 heteroatoms. The summed E-state index contributed by atoms with van der Waals surface area (Å²) in [6.07, 6.45) is 0. The van der Waals surface area contributed by atoms with Crippen molar-refractivity contribution in [2.24, 2.45) is 0 Å². The molecule has 0 saturated carbocycles. The number of halogens is 3. The first-order chi connectivity index (χ1) is 15.4. The largest absolute Gasteiger partial charge is 0.492 e. The molecular weight excluding hydrogens is 478 g/mol. The Bertz CT molecular complexity index is 1180. The third-order valence-corrected chi connectivity index (χ3v) is 4.89. The summed E-state index contributed by atoms with van der Waals surface area (Å²) in [5.74, 6) is -0.522. The standard InChI is InChI=1S/C21H18ClFN4O5.ClH/c1-30-21-25-17-9-13(32-7-6-27-18(28)10-31-11-19(27)29)3-4-14(17)20(26-21)24-16-5-2-12(22)8-15(16)23;/h2-5,8-9H,6-7,10-11H2,1H3,(H,24,25,26);1H. The molecular formula is C21H19Cl2FN4O5. The van der Waals surface area contributed by atoms with Crippen LogP contribution in [0.15, 0.2) is 36.4 Å². The smallest absolute Gasteiger partial charge is 0.318 e. The molecule has 0 radical (unpaired) electrons. The average molecular weight is 497 g/mol. The lowest BCUT2D eigenvalue weighted by molar-refractivity contribution is -0.158. The highest BCUT2D eigenvalue weighted by Crippen LogP contribution is 2.30. The lowest BCUT2D eigenvalue weighted by atomic mass is 10.2. The van der Waals surface area contributed by atoms with E-state index in [-0.39, 0.29) is 55.5 Å². The van der Waals surface area contributed by atoms with Gasteiger partial charge in [-0.25, -0.2) is 4.39 Å². The third-order valence-electron chi connectivity index (χ3n) is 4.65. The molecule has 174 valence electrons. The second-order valence-corrected chi connectivity index (χ2v) is 7.20. The van der Waals surface area contributed by atoms with E-state index in [4.69, 9.17) is 25.8 Å². The summed E-state index contributed by atoms with van der Waals surface area (Å²) in [6.45, 7) is -0.0358. The van der Waals surface area contributed by atoms with Crippen LogP contribution in [-0.2, 0) is 14.3 Å². The zero-order chi connectivity index (χ0) is 22.7. The molecule has 1 aromatic heterocycles. The molecule has 0 atom stereocenters. The summed E-state index contributed by atoms with van der Waals surface area (Å²) >= 11 is 5.81. The van der Waals surface area contributed by atoms with Gasteiger partial charge in [0.1, 0.15) is 37.2 Å². The second-order valence-electron chi connectivity index (χ2n) is 6.77. The SMILES string of the molecule is COc1nc(Nc2ccc(Cl)cc2F)c2ccc(OCCN3C(=O)COCC3=O)cc2n1.Cl. The minimum atomic E-state index is -0.532. The van der Waals surface area contributed by atoms with Gasteiger partial charge in [-0.15, -0.1) is 12.4 Å². The van der Waals surface area contributed by atoms with Gasteiger partial charge in [0.25, 0.3) is 11.8 Å². The number of hydrogen-bond donors (Lipinski definition) is 1. The van der Waals surface area contributed by atoms with Crippen molar-refractivity contribution in [3.05, 3.63) is 47.2 Å². The molecule has 1 N–H and O–H groups in total. The van der Waals surface area contributed by atoms with Crippen LogP contribution < -0.4 is 14.8 Å². The number of carbonyl (C=O) groups excluding carboxylic acids is 2. The Hall–Kier alpha value is -3.21. The van der Waals surface area contributed by atoms with Crippen molar-refractivity contribution >= 4 is 58.2 Å². The number of fused-ring (bicyclic) bond motifs is 1. The Kier molecular flexibility index (Phi) is 7.85. The van der Waals surface area contributed by atoms with Crippen molar-refractivity contribution in [3.63, 3.8) is 0 Å². The number of rotatable bonds is 7. The van der Waals surface area contributed by atoms with Crippen molar-refractivity contribution in [2.75, 3.05) is 38.8 Å². The summed E-state index contributed by atoms with van der Waals surface area (Å²) in [5, 5.41) is 3.81. The van der Waals surface area contributed by atoms with Crippen LogP contribution in [0.3, 0.4) is 0 Å². The fourth-order valence-electron chi connectivity index (χ4n) is 3.11. The molecule has 0 unspecified atom stereocenters. The van der Waals surface area contributed by atoms with Gasteiger partial charge in [0.05, 0.1) is 24.9 Å². The van der Waals surface area contributed by atoms with Gasteiger partial charge in [0.15, 0.2) is 0 Å². The van der Waals surface area contributed by atoms with Gasteiger partial charge < -0.3 is 19.5 Å². The summed E-state index contributed by atoms with van der Waals surface area (Å²) in [5.41, 5.74) is 0.682. The van der Waals surface area contributed by atoms with Crippen LogP contribution in [0.2, 0.25) is 5.02 Å². The van der Waals surface area contributed by atoms with E-state index < -0.39 is 17.6 Å². The Morgan fingerprint density at radius 2 is 1.91 bits per heavy atom. The summed E-state index contributed by atoms with van der Waals surface area (Å²) in [4.78, 5) is 33.2. The fourth-order valence-corrected chi connectivity index (χ4v) is 3.27. The fraction of sp³-hybridized carbons (Fsp3) is 0.238. The van der Waals surface area contributed by atoms with Crippen LogP contribution in [0.1, 0.15) is 0 Å². The van der Waals surface area contributed by atoms with E-state index >= 15 is 0 Å². The van der Waals surface area contributed by atoms with E-state index in [1.807, 2.05) is 0 Å². The molecule has 2 heterocycles. The van der Waals surface area contributed by atoms with Crippen molar-refractivity contribution < 1.29 is 28.2 Å². The second kappa shape index (κ2) is 10.6. The van der Waals surface area contributed by atoms with Gasteiger partial charge in [0, 0.05) is 16.5 Å². The summed E-state index contributed by atoms with van der Waals surface area (Å²) in [7, 11) is 1.42. The lowest BCUT2D eigenvalue weighted by Crippen LogP contribution is -2.47. The minimum absolute atomic E-state index is 0. The monoisotopic (exact) mass is 496 g/mol. The van der Waals surface area contributed by atoms with Gasteiger partial charge >= 0.3 is 6.01 Å². The van der Waals surface area contributed by atoms with E-state index in [1.165, 1.54) is 19.2 Å². The minimum Gasteiger partial charge on any atom is -0.492 e. The van der Waals surface area contributed by atoms with E-state index in [9.17, 15) is 14.0 Å². The van der Waals surface area contributed by atoms with Crippen LogP contribution in [0.4, 0.5) is 15.9 Å². The lowest BCUT2D eigenvalue weighted by Gasteiger charge is -2.24. The molecule has 33 heavy (non-hydrogen) atoms. The molecule has 1 aliphatic rings. The van der Waals surface area contributed by atoms with Crippen LogP contribution >= 0.6 is 24.0 Å². The first-order valence-electron chi connectivity index (χ1n) is 9.56. The molecule has 0 spiro atoms. The van der Waals surface area contributed by atoms with Crippen molar-refractivity contribution in [1.82, 2.24) is 14.9 Å². The highest BCUT2D eigenvalue weighted by Gasteiger charge is 2.26. The predicted molar refractivity (Wildman–Crippen MR) is 121 cm³/mol. The Labute approximate surface area is 199 Å². The highest BCUT2D eigenvalue weighted by molar-refractivity contribution is 6.30. The van der Waals surface area contributed by atoms with Crippen LogP contribution in [0.25, 0.3) is 10.9 Å². The van der Waals surface area contributed by atoms with Gasteiger partial charge in [0.2, 0.25) is 0 Å².